The molecular formula is C20H20N2O6S3. The molecular weight excluding hydrogens is 460 g/mol. The van der Waals surface area contributed by atoms with Crippen LogP contribution in [0, 0.1) is 13.8 Å². The second-order valence-corrected chi connectivity index (χ2v) is 12.1. The Labute approximate surface area is 182 Å². The summed E-state index contributed by atoms with van der Waals surface area (Å²) in [5.74, 6) is 0. The molecule has 0 aliphatic carbocycles. The third-order valence-corrected chi connectivity index (χ3v) is 9.22. The van der Waals surface area contributed by atoms with Crippen LogP contribution >= 0.6 is 0 Å². The zero-order valence-electron chi connectivity index (χ0n) is 16.6. The Bertz CT molecular complexity index is 1430. The highest BCUT2D eigenvalue weighted by molar-refractivity contribution is 8.04. The number of hydrogen-bond donors (Lipinski definition) is 2. The molecule has 164 valence electrons. The molecule has 0 heterocycles. The smallest absolute Gasteiger partial charge is 0.261 e. The molecule has 0 bridgehead atoms. The molecule has 3 aromatic carbocycles. The highest BCUT2D eigenvalue weighted by Crippen LogP contribution is 2.25. The summed E-state index contributed by atoms with van der Waals surface area (Å²) in [6, 6.07) is 16.9. The van der Waals surface area contributed by atoms with Gasteiger partial charge < -0.3 is 0 Å². The minimum atomic E-state index is -4.64. The monoisotopic (exact) mass is 480 g/mol. The zero-order chi connectivity index (χ0) is 22.9. The number of anilines is 1. The molecule has 3 aromatic rings. The van der Waals surface area contributed by atoms with Gasteiger partial charge in [0.1, 0.15) is 4.90 Å². The van der Waals surface area contributed by atoms with Crippen molar-refractivity contribution in [3.63, 3.8) is 0 Å². The van der Waals surface area contributed by atoms with Gasteiger partial charge >= 0.3 is 0 Å². The first kappa shape index (κ1) is 22.9. The Hall–Kier alpha value is -2.73. The van der Waals surface area contributed by atoms with Gasteiger partial charge in [-0.15, -0.1) is 4.13 Å². The van der Waals surface area contributed by atoms with Gasteiger partial charge in [0.25, 0.3) is 30.1 Å². The van der Waals surface area contributed by atoms with Crippen LogP contribution < -0.4 is 8.85 Å². The molecule has 0 saturated heterocycles. The van der Waals surface area contributed by atoms with Gasteiger partial charge in [0.15, 0.2) is 0 Å². The Balaban J connectivity index is 1.98. The van der Waals surface area contributed by atoms with E-state index in [0.29, 0.717) is 5.56 Å². The zero-order valence-corrected chi connectivity index (χ0v) is 19.1. The quantitative estimate of drug-likeness (QED) is 0.535. The molecule has 0 aliphatic rings. The lowest BCUT2D eigenvalue weighted by Gasteiger charge is -2.14. The van der Waals surface area contributed by atoms with E-state index >= 15 is 0 Å². The molecule has 8 nitrogen and oxygen atoms in total. The molecule has 0 saturated carbocycles. The number of aryl methyl sites for hydroxylation is 2. The maximum atomic E-state index is 12.9. The first-order valence-electron chi connectivity index (χ1n) is 8.94. The fourth-order valence-corrected chi connectivity index (χ4v) is 7.04. The largest absolute Gasteiger partial charge is 0.278 e. The molecule has 11 heteroatoms. The fraction of sp³-hybridized carbons (Fsp3) is 0.100. The second-order valence-electron chi connectivity index (χ2n) is 6.82. The van der Waals surface area contributed by atoms with Crippen LogP contribution in [0.4, 0.5) is 5.69 Å². The molecule has 0 fully saturated rings. The third-order valence-electron chi connectivity index (χ3n) is 4.27. The van der Waals surface area contributed by atoms with Crippen molar-refractivity contribution in [2.75, 3.05) is 4.72 Å². The van der Waals surface area contributed by atoms with Gasteiger partial charge in [-0.1, -0.05) is 42.0 Å². The van der Waals surface area contributed by atoms with Crippen LogP contribution in [-0.4, -0.2) is 25.3 Å². The fourth-order valence-electron chi connectivity index (χ4n) is 2.73. The van der Waals surface area contributed by atoms with Crippen LogP contribution in [0.3, 0.4) is 0 Å². The molecule has 0 atom stereocenters. The van der Waals surface area contributed by atoms with Gasteiger partial charge in [-0.2, -0.15) is 0 Å². The standard InChI is InChI=1S/C20H20N2O6S3/c1-15-10-12-17(13-11-15)29(23,24)21-19-8-3-4-9-20(19)31(27,28)22-30(25,26)18-7-5-6-16(2)14-18/h3-14,21-22H,1-2H3. The molecule has 2 N–H and O–H groups in total. The van der Waals surface area contributed by atoms with Crippen molar-refractivity contribution in [1.82, 2.24) is 4.13 Å². The van der Waals surface area contributed by atoms with Gasteiger partial charge in [0.05, 0.1) is 15.5 Å². The maximum Gasteiger partial charge on any atom is 0.261 e. The summed E-state index contributed by atoms with van der Waals surface area (Å²) in [6.07, 6.45) is 0. The molecule has 0 aliphatic heterocycles. The van der Waals surface area contributed by atoms with Crippen molar-refractivity contribution in [3.05, 3.63) is 83.9 Å². The minimum Gasteiger partial charge on any atom is -0.278 e. The Morgan fingerprint density at radius 2 is 1.23 bits per heavy atom. The van der Waals surface area contributed by atoms with Gasteiger partial charge in [0.2, 0.25) is 0 Å². The van der Waals surface area contributed by atoms with E-state index < -0.39 is 35.0 Å². The lowest BCUT2D eigenvalue weighted by molar-refractivity contribution is 0.577. The van der Waals surface area contributed by atoms with Gasteiger partial charge in [0, 0.05) is 0 Å². The van der Waals surface area contributed by atoms with Crippen molar-refractivity contribution >= 4 is 35.8 Å². The summed E-state index contributed by atoms with van der Waals surface area (Å²) < 4.78 is 80.2. The number of sulfonamides is 3. The lowest BCUT2D eigenvalue weighted by Crippen LogP contribution is -2.31. The van der Waals surface area contributed by atoms with E-state index in [2.05, 4.69) is 4.72 Å². The van der Waals surface area contributed by atoms with Gasteiger partial charge in [-0.3, -0.25) is 4.72 Å². The Kier molecular flexibility index (Phi) is 6.23. The predicted molar refractivity (Wildman–Crippen MR) is 117 cm³/mol. The predicted octanol–water partition coefficient (Wildman–Crippen LogP) is 2.77. The SMILES string of the molecule is Cc1ccc(S(=O)(=O)Nc2ccccc2S(=O)(=O)NS(=O)(=O)c2cccc(C)c2)cc1. The first-order chi connectivity index (χ1) is 14.4. The lowest BCUT2D eigenvalue weighted by atomic mass is 10.2. The number of para-hydroxylation sites is 1. The van der Waals surface area contributed by atoms with E-state index in [9.17, 15) is 25.3 Å². The Morgan fingerprint density at radius 1 is 0.581 bits per heavy atom. The van der Waals surface area contributed by atoms with Crippen LogP contribution in [-0.2, 0) is 30.1 Å². The van der Waals surface area contributed by atoms with E-state index in [0.717, 1.165) is 11.6 Å². The third kappa shape index (κ3) is 5.31. The van der Waals surface area contributed by atoms with E-state index in [-0.39, 0.29) is 15.5 Å². The van der Waals surface area contributed by atoms with Crippen LogP contribution in [0.5, 0.6) is 0 Å². The molecule has 3 rings (SSSR count). The first-order valence-corrected chi connectivity index (χ1v) is 13.4. The summed E-state index contributed by atoms with van der Waals surface area (Å²) >= 11 is 0. The molecule has 0 amide bonds. The molecule has 0 radical (unpaired) electrons. The van der Waals surface area contributed by atoms with Crippen LogP contribution in [0.2, 0.25) is 0 Å². The normalized spacial score (nSPS) is 12.5. The number of nitrogens with one attached hydrogen (secondary N) is 2. The van der Waals surface area contributed by atoms with Crippen LogP contribution in [0.1, 0.15) is 11.1 Å². The van der Waals surface area contributed by atoms with Gasteiger partial charge in [-0.25, -0.2) is 25.3 Å². The van der Waals surface area contributed by atoms with E-state index in [1.807, 2.05) is 0 Å². The maximum absolute atomic E-state index is 12.9. The molecule has 0 spiro atoms. The number of benzene rings is 3. The summed E-state index contributed by atoms with van der Waals surface area (Å²) in [5, 5.41) is 0. The number of rotatable bonds is 7. The summed E-state index contributed by atoms with van der Waals surface area (Å²) in [6.45, 7) is 3.47. The minimum absolute atomic E-state index is 0.0642. The topological polar surface area (TPSA) is 126 Å². The molecule has 0 aromatic heterocycles. The number of hydrogen-bond acceptors (Lipinski definition) is 6. The summed E-state index contributed by atoms with van der Waals surface area (Å²) in [7, 11) is -13.2. The van der Waals surface area contributed by atoms with Crippen molar-refractivity contribution < 1.29 is 25.3 Å². The molecule has 31 heavy (non-hydrogen) atoms. The van der Waals surface area contributed by atoms with Crippen molar-refractivity contribution in [1.29, 1.82) is 0 Å². The van der Waals surface area contributed by atoms with Crippen molar-refractivity contribution in [2.24, 2.45) is 0 Å². The second kappa shape index (κ2) is 8.42. The Morgan fingerprint density at radius 3 is 1.87 bits per heavy atom. The van der Waals surface area contributed by atoms with E-state index in [1.54, 1.807) is 36.2 Å². The van der Waals surface area contributed by atoms with Crippen molar-refractivity contribution in [3.8, 4) is 0 Å². The summed E-state index contributed by atoms with van der Waals surface area (Å²) in [5.41, 5.74) is 1.20. The van der Waals surface area contributed by atoms with Crippen LogP contribution in [0.15, 0.2) is 87.5 Å². The summed E-state index contributed by atoms with van der Waals surface area (Å²) in [4.78, 5) is -0.818. The van der Waals surface area contributed by atoms with Crippen LogP contribution in [0.25, 0.3) is 0 Å². The van der Waals surface area contributed by atoms with E-state index in [1.165, 1.54) is 48.5 Å². The van der Waals surface area contributed by atoms with E-state index in [4.69, 9.17) is 0 Å². The van der Waals surface area contributed by atoms with Gasteiger partial charge in [-0.05, 0) is 55.8 Å². The van der Waals surface area contributed by atoms with Crippen molar-refractivity contribution in [2.45, 2.75) is 28.5 Å². The average Bonchev–Trinajstić information content (AvgIpc) is 2.67. The average molecular weight is 481 g/mol. The highest BCUT2D eigenvalue weighted by Gasteiger charge is 2.28. The molecule has 0 unspecified atom stereocenters. The highest BCUT2D eigenvalue weighted by atomic mass is 32.3.